The number of carbonyl (C=O) groups excluding carboxylic acids is 3. The Morgan fingerprint density at radius 3 is 1.95 bits per heavy atom. The molecule has 8 rings (SSSR count). The van der Waals surface area contributed by atoms with Gasteiger partial charge in [-0.15, -0.1) is 0 Å². The van der Waals surface area contributed by atoms with Crippen LogP contribution >= 0.6 is 0 Å². The van der Waals surface area contributed by atoms with E-state index in [-0.39, 0.29) is 47.8 Å². The lowest BCUT2D eigenvalue weighted by molar-refractivity contribution is -0.146. The fourth-order valence-electron chi connectivity index (χ4n) is 6.88. The van der Waals surface area contributed by atoms with E-state index in [2.05, 4.69) is 17.5 Å². The molecular weight excluding hydrogens is 476 g/mol. The molecule has 3 aromatic rings. The first-order valence-electron chi connectivity index (χ1n) is 13.3. The predicted molar refractivity (Wildman–Crippen MR) is 142 cm³/mol. The van der Waals surface area contributed by atoms with E-state index in [9.17, 15) is 14.4 Å². The van der Waals surface area contributed by atoms with Gasteiger partial charge in [0, 0.05) is 12.1 Å². The van der Waals surface area contributed by atoms with Gasteiger partial charge in [0.1, 0.15) is 17.5 Å². The van der Waals surface area contributed by atoms with E-state index in [1.165, 1.54) is 4.90 Å². The van der Waals surface area contributed by atoms with Crippen LogP contribution in [0, 0.1) is 35.5 Å². The Morgan fingerprint density at radius 2 is 1.34 bits per heavy atom. The molecule has 2 bridgehead atoms. The van der Waals surface area contributed by atoms with Gasteiger partial charge < -0.3 is 10.1 Å². The number of nitrogens with one attached hydrogen (secondary N) is 1. The van der Waals surface area contributed by atoms with Crippen molar-refractivity contribution < 1.29 is 19.1 Å². The van der Waals surface area contributed by atoms with Gasteiger partial charge in [-0.05, 0) is 72.1 Å². The van der Waals surface area contributed by atoms with Crippen molar-refractivity contribution in [3.63, 3.8) is 0 Å². The summed E-state index contributed by atoms with van der Waals surface area (Å²) in [5.74, 6) is 1.23. The van der Waals surface area contributed by atoms with Gasteiger partial charge in [0.05, 0.1) is 11.8 Å². The second kappa shape index (κ2) is 8.98. The highest BCUT2D eigenvalue weighted by Gasteiger charge is 2.67. The number of amides is 3. The molecule has 3 fully saturated rings. The van der Waals surface area contributed by atoms with Gasteiger partial charge in [-0.2, -0.15) is 0 Å². The monoisotopic (exact) mass is 504 g/mol. The number of anilines is 1. The molecule has 1 aliphatic heterocycles. The standard InChI is InChI=1S/C32H28N2O4/c35-30(33-20-11-13-22(14-12-20)38-21-9-5-2-6-10-21)27(17-19-7-3-1-4-8-19)34-31(36)28-23-15-16-24(26-18-25(23)26)29(28)32(34)37/h1-16,23-29H,17-18H2,(H,33,35)/t23-,24-,25-,26+,27-,28+,29+/m0/s1. The summed E-state index contributed by atoms with van der Waals surface area (Å²) < 4.78 is 5.85. The Kier molecular flexibility index (Phi) is 5.43. The fraction of sp³-hybridized carbons (Fsp3) is 0.281. The van der Waals surface area contributed by atoms with Crippen LogP contribution in [0.4, 0.5) is 5.69 Å². The van der Waals surface area contributed by atoms with Crippen molar-refractivity contribution in [1.29, 1.82) is 0 Å². The number of benzene rings is 3. The fourth-order valence-corrected chi connectivity index (χ4v) is 6.88. The zero-order chi connectivity index (χ0) is 25.8. The first-order valence-corrected chi connectivity index (χ1v) is 13.3. The second-order valence-corrected chi connectivity index (χ2v) is 10.8. The number of hydrogen-bond acceptors (Lipinski definition) is 4. The van der Waals surface area contributed by atoms with Crippen LogP contribution in [-0.2, 0) is 20.8 Å². The first-order chi connectivity index (χ1) is 18.6. The van der Waals surface area contributed by atoms with Gasteiger partial charge in [-0.25, -0.2) is 0 Å². The van der Waals surface area contributed by atoms with Crippen LogP contribution in [0.15, 0.2) is 97.1 Å². The van der Waals surface area contributed by atoms with Gasteiger partial charge in [-0.1, -0.05) is 60.7 Å². The van der Waals surface area contributed by atoms with E-state index >= 15 is 0 Å². The zero-order valence-electron chi connectivity index (χ0n) is 20.8. The van der Waals surface area contributed by atoms with Crippen LogP contribution in [0.2, 0.25) is 0 Å². The first kappa shape index (κ1) is 23.0. The Hall–Kier alpha value is -4.19. The molecule has 38 heavy (non-hydrogen) atoms. The summed E-state index contributed by atoms with van der Waals surface area (Å²) in [5.41, 5.74) is 1.48. The number of likely N-dealkylation sites (tertiary alicyclic amines) is 1. The molecule has 4 aliphatic carbocycles. The summed E-state index contributed by atoms with van der Waals surface area (Å²) in [4.78, 5) is 42.6. The van der Waals surface area contributed by atoms with Gasteiger partial charge in [0.25, 0.3) is 0 Å². The van der Waals surface area contributed by atoms with Crippen molar-refractivity contribution in [2.24, 2.45) is 35.5 Å². The van der Waals surface area contributed by atoms with E-state index in [4.69, 9.17) is 4.74 Å². The molecule has 3 aromatic carbocycles. The third-order valence-electron chi connectivity index (χ3n) is 8.68. The smallest absolute Gasteiger partial charge is 0.248 e. The van der Waals surface area contributed by atoms with Crippen LogP contribution in [0.3, 0.4) is 0 Å². The lowest BCUT2D eigenvalue weighted by Gasteiger charge is -2.37. The summed E-state index contributed by atoms with van der Waals surface area (Å²) in [5, 5.41) is 2.95. The largest absolute Gasteiger partial charge is 0.457 e. The molecule has 1 heterocycles. The summed E-state index contributed by atoms with van der Waals surface area (Å²) in [6.45, 7) is 0. The maximum atomic E-state index is 13.8. The third-order valence-corrected chi connectivity index (χ3v) is 8.68. The molecule has 0 radical (unpaired) electrons. The number of imide groups is 1. The molecule has 1 N–H and O–H groups in total. The lowest BCUT2D eigenvalue weighted by atomic mass is 9.63. The molecule has 1 saturated heterocycles. The summed E-state index contributed by atoms with van der Waals surface area (Å²) in [6, 6.07) is 25.2. The summed E-state index contributed by atoms with van der Waals surface area (Å²) >= 11 is 0. The van der Waals surface area contributed by atoms with Crippen molar-refractivity contribution in [1.82, 2.24) is 4.90 Å². The molecule has 0 aromatic heterocycles. The number of hydrogen-bond donors (Lipinski definition) is 1. The van der Waals surface area contributed by atoms with E-state index in [1.54, 1.807) is 24.3 Å². The van der Waals surface area contributed by atoms with Crippen LogP contribution in [0.5, 0.6) is 11.5 Å². The highest BCUT2D eigenvalue weighted by molar-refractivity contribution is 6.10. The van der Waals surface area contributed by atoms with E-state index in [1.807, 2.05) is 60.7 Å². The SMILES string of the molecule is O=C(Nc1ccc(Oc2ccccc2)cc1)[C@H](Cc1ccccc1)N1C(=O)[C@@H]2[C@H]3C=C[C@@H]([C@@H]4C[C@H]34)[C@H]2C1=O. The molecule has 7 atom stereocenters. The van der Waals surface area contributed by atoms with Crippen molar-refractivity contribution in [3.8, 4) is 11.5 Å². The minimum Gasteiger partial charge on any atom is -0.457 e. The van der Waals surface area contributed by atoms with E-state index in [0.717, 1.165) is 17.7 Å². The van der Waals surface area contributed by atoms with Gasteiger partial charge in [-0.3, -0.25) is 19.3 Å². The molecule has 3 amide bonds. The minimum atomic E-state index is -0.918. The molecule has 2 saturated carbocycles. The highest BCUT2D eigenvalue weighted by Crippen LogP contribution is 2.65. The molecule has 0 unspecified atom stereocenters. The Bertz CT molecular complexity index is 1380. The number of rotatable bonds is 7. The molecule has 0 spiro atoms. The number of nitrogens with zero attached hydrogens (tertiary/aromatic N) is 1. The van der Waals surface area contributed by atoms with Gasteiger partial charge in [0.15, 0.2) is 0 Å². The van der Waals surface area contributed by atoms with Gasteiger partial charge in [0.2, 0.25) is 17.7 Å². The minimum absolute atomic E-state index is 0.119. The number of para-hydroxylation sites is 1. The molecule has 190 valence electrons. The van der Waals surface area contributed by atoms with E-state index in [0.29, 0.717) is 23.3 Å². The van der Waals surface area contributed by atoms with Crippen molar-refractivity contribution in [3.05, 3.63) is 103 Å². The Labute approximate surface area is 221 Å². The quantitative estimate of drug-likeness (QED) is 0.360. The number of ether oxygens (including phenoxy) is 1. The molecule has 6 nitrogen and oxygen atoms in total. The Balaban J connectivity index is 1.14. The Morgan fingerprint density at radius 1 is 0.789 bits per heavy atom. The van der Waals surface area contributed by atoms with Crippen LogP contribution in [0.1, 0.15) is 12.0 Å². The second-order valence-electron chi connectivity index (χ2n) is 10.8. The molecule has 5 aliphatic rings. The van der Waals surface area contributed by atoms with Crippen molar-refractivity contribution >= 4 is 23.4 Å². The van der Waals surface area contributed by atoms with Crippen LogP contribution < -0.4 is 10.1 Å². The predicted octanol–water partition coefficient (Wildman–Crippen LogP) is 5.08. The zero-order valence-corrected chi connectivity index (χ0v) is 20.8. The lowest BCUT2D eigenvalue weighted by Crippen LogP contribution is -2.49. The summed E-state index contributed by atoms with van der Waals surface area (Å²) in [7, 11) is 0. The van der Waals surface area contributed by atoms with Crippen LogP contribution in [0.25, 0.3) is 0 Å². The maximum Gasteiger partial charge on any atom is 0.248 e. The number of allylic oxidation sites excluding steroid dienone is 2. The van der Waals surface area contributed by atoms with Crippen LogP contribution in [-0.4, -0.2) is 28.7 Å². The molecule has 6 heteroatoms. The maximum absolute atomic E-state index is 13.8. The summed E-state index contributed by atoms with van der Waals surface area (Å²) in [6.07, 6.45) is 5.68. The average Bonchev–Trinajstić information content (AvgIpc) is 3.73. The normalized spacial score (nSPS) is 29.0. The average molecular weight is 505 g/mol. The van der Waals surface area contributed by atoms with Crippen molar-refractivity contribution in [2.45, 2.75) is 18.9 Å². The third kappa shape index (κ3) is 3.83. The van der Waals surface area contributed by atoms with E-state index < -0.39 is 6.04 Å². The van der Waals surface area contributed by atoms with Gasteiger partial charge >= 0.3 is 0 Å². The van der Waals surface area contributed by atoms with Crippen molar-refractivity contribution in [2.75, 3.05) is 5.32 Å². The number of carbonyl (C=O) groups is 3. The molecular formula is C32H28N2O4. The topological polar surface area (TPSA) is 75.7 Å². The highest BCUT2D eigenvalue weighted by atomic mass is 16.5.